The molecule has 10 heteroatoms. The zero-order valence-electron chi connectivity index (χ0n) is 34.2. The average Bonchev–Trinajstić information content (AvgIpc) is 3.69. The van der Waals surface area contributed by atoms with E-state index in [2.05, 4.69) is 25.3 Å². The third-order valence-electron chi connectivity index (χ3n) is 14.7. The van der Waals surface area contributed by atoms with Gasteiger partial charge in [0.2, 0.25) is 0 Å². The Bertz CT molecular complexity index is 1930. The summed E-state index contributed by atoms with van der Waals surface area (Å²) in [5.74, 6) is 0.897. The fraction of sp³-hybridized carbons (Fsp3) is 0.630. The maximum absolute atomic E-state index is 13.5. The Morgan fingerprint density at radius 1 is 0.821 bits per heavy atom. The predicted molar refractivity (Wildman–Crippen MR) is 212 cm³/mol. The van der Waals surface area contributed by atoms with Gasteiger partial charge < -0.3 is 23.5 Å². The molecule has 0 radical (unpaired) electrons. The van der Waals surface area contributed by atoms with E-state index in [9.17, 15) is 19.2 Å². The van der Waals surface area contributed by atoms with Gasteiger partial charge in [0, 0.05) is 44.1 Å². The number of esters is 4. The highest BCUT2D eigenvalue weighted by molar-refractivity contribution is 5.80. The highest BCUT2D eigenvalue weighted by Crippen LogP contribution is 2.69. The van der Waals surface area contributed by atoms with Crippen LogP contribution in [0.2, 0.25) is 0 Å². The van der Waals surface area contributed by atoms with Crippen LogP contribution in [0.4, 0.5) is 0 Å². The number of carbonyl (C=O) groups is 4. The molecule has 0 saturated heterocycles. The van der Waals surface area contributed by atoms with Gasteiger partial charge in [-0.25, -0.2) is 4.98 Å². The van der Waals surface area contributed by atoms with Gasteiger partial charge in [0.15, 0.2) is 0 Å². The first-order valence-corrected chi connectivity index (χ1v) is 20.9. The van der Waals surface area contributed by atoms with Gasteiger partial charge in [0.25, 0.3) is 0 Å². The molecule has 0 spiro atoms. The van der Waals surface area contributed by atoms with Gasteiger partial charge in [-0.05, 0) is 105 Å². The highest BCUT2D eigenvalue weighted by Gasteiger charge is 2.67. The Balaban J connectivity index is 1.06. The maximum atomic E-state index is 13.5. The highest BCUT2D eigenvalue weighted by atomic mass is 16.6. The Kier molecular flexibility index (Phi) is 11.4. The van der Waals surface area contributed by atoms with Crippen molar-refractivity contribution in [3.8, 4) is 11.4 Å². The number of carbonyl (C=O) groups excluding carboxylic acids is 4. The van der Waals surface area contributed by atoms with Crippen LogP contribution in [0.5, 0.6) is 0 Å². The van der Waals surface area contributed by atoms with E-state index in [0.29, 0.717) is 25.8 Å². The molecule has 4 aliphatic carbocycles. The second-order valence-corrected chi connectivity index (χ2v) is 18.0. The summed E-state index contributed by atoms with van der Waals surface area (Å²) in [6, 6.07) is 18.1. The minimum absolute atomic E-state index is 0.0628. The van der Waals surface area contributed by atoms with E-state index in [0.717, 1.165) is 60.9 Å². The lowest BCUT2D eigenvalue weighted by Gasteiger charge is -2.64. The molecular formula is C46H60N2O8. The molecule has 10 nitrogen and oxygen atoms in total. The number of para-hydroxylation sites is 2. The molecule has 0 bridgehead atoms. The van der Waals surface area contributed by atoms with Crippen molar-refractivity contribution < 1.29 is 38.1 Å². The van der Waals surface area contributed by atoms with Crippen LogP contribution in [-0.4, -0.2) is 57.8 Å². The summed E-state index contributed by atoms with van der Waals surface area (Å²) in [4.78, 5) is 55.7. The molecular weight excluding hydrogens is 709 g/mol. The van der Waals surface area contributed by atoms with Crippen molar-refractivity contribution in [3.63, 3.8) is 0 Å². The number of rotatable bonds is 11. The first-order valence-electron chi connectivity index (χ1n) is 20.9. The van der Waals surface area contributed by atoms with Crippen molar-refractivity contribution >= 4 is 34.9 Å². The quantitative estimate of drug-likeness (QED) is 0.139. The third kappa shape index (κ3) is 7.61. The van der Waals surface area contributed by atoms with Crippen LogP contribution in [0.25, 0.3) is 22.4 Å². The fourth-order valence-corrected chi connectivity index (χ4v) is 12.3. The summed E-state index contributed by atoms with van der Waals surface area (Å²) in [6.45, 7) is 13.8. The smallest absolute Gasteiger partial charge is 0.306 e. The van der Waals surface area contributed by atoms with Gasteiger partial charge in [-0.1, -0.05) is 63.2 Å². The lowest BCUT2D eigenvalue weighted by atomic mass is 9.43. The first kappa shape index (κ1) is 40.0. The van der Waals surface area contributed by atoms with E-state index in [-0.39, 0.29) is 94.6 Å². The number of nitrogens with zero attached hydrogens (tertiary/aromatic N) is 2. The van der Waals surface area contributed by atoms with Gasteiger partial charge >= 0.3 is 23.9 Å². The molecule has 0 N–H and O–H groups in total. The zero-order valence-corrected chi connectivity index (χ0v) is 34.2. The van der Waals surface area contributed by atoms with Crippen molar-refractivity contribution in [2.24, 2.45) is 46.3 Å². The van der Waals surface area contributed by atoms with Crippen LogP contribution in [0, 0.1) is 46.3 Å². The van der Waals surface area contributed by atoms with Crippen molar-refractivity contribution in [2.45, 2.75) is 137 Å². The summed E-state index contributed by atoms with van der Waals surface area (Å²) in [5, 5.41) is 0. The zero-order chi connectivity index (χ0) is 39.9. The molecule has 12 atom stereocenters. The molecule has 3 aromatic rings. The standard InChI is InChI=1S/C46H60N2O8/c1-27(17-20-42(52)53-28(2)26-48-39-16-12-11-15-38(39)47-44(48)32-13-9-8-10-14-32)35-18-19-36-43-37(25-41(46(35,36)7)56-31(5)51)45(6)22-21-34(54-29(3)49)23-33(45)24-40(43)55-30(4)50/h8-16,27-28,33-37,40-41,43H,17-26H2,1-7H3. The summed E-state index contributed by atoms with van der Waals surface area (Å²) in [7, 11) is 0. The van der Waals surface area contributed by atoms with E-state index >= 15 is 0 Å². The number of benzene rings is 2. The molecule has 302 valence electrons. The summed E-state index contributed by atoms with van der Waals surface area (Å²) in [6.07, 6.45) is 5.70. The molecule has 0 amide bonds. The predicted octanol–water partition coefficient (Wildman–Crippen LogP) is 8.73. The Morgan fingerprint density at radius 2 is 1.52 bits per heavy atom. The van der Waals surface area contributed by atoms with Crippen LogP contribution >= 0.6 is 0 Å². The monoisotopic (exact) mass is 768 g/mol. The Hall–Kier alpha value is -4.21. The molecule has 0 aliphatic heterocycles. The number of fused-ring (bicyclic) bond motifs is 6. The first-order chi connectivity index (χ1) is 26.7. The van der Waals surface area contributed by atoms with E-state index in [1.54, 1.807) is 0 Å². The third-order valence-corrected chi connectivity index (χ3v) is 14.7. The largest absolute Gasteiger partial charge is 0.463 e. The second kappa shape index (κ2) is 16.0. The van der Waals surface area contributed by atoms with Crippen molar-refractivity contribution in [2.75, 3.05) is 0 Å². The summed E-state index contributed by atoms with van der Waals surface area (Å²) in [5.41, 5.74) is 2.49. The van der Waals surface area contributed by atoms with Crippen molar-refractivity contribution in [3.05, 3.63) is 54.6 Å². The number of aromatic nitrogens is 2. The Morgan fingerprint density at radius 3 is 2.23 bits per heavy atom. The van der Waals surface area contributed by atoms with Gasteiger partial charge in [0.1, 0.15) is 30.2 Å². The minimum Gasteiger partial charge on any atom is -0.463 e. The fourth-order valence-electron chi connectivity index (χ4n) is 12.3. The number of hydrogen-bond acceptors (Lipinski definition) is 9. The van der Waals surface area contributed by atoms with E-state index < -0.39 is 0 Å². The molecule has 4 saturated carbocycles. The number of hydrogen-bond donors (Lipinski definition) is 0. The summed E-state index contributed by atoms with van der Waals surface area (Å²) < 4.78 is 26.5. The Labute approximate surface area is 331 Å². The van der Waals surface area contributed by atoms with Crippen LogP contribution in [0.1, 0.15) is 106 Å². The minimum atomic E-state index is -0.367. The van der Waals surface area contributed by atoms with Crippen molar-refractivity contribution in [1.82, 2.24) is 9.55 Å². The average molecular weight is 769 g/mol. The molecule has 4 fully saturated rings. The SMILES string of the molecule is CC(=O)OC1CCC2(C)C(C1)CC(OC(C)=O)C1C2CC(OC(C)=O)C2(C)C(C(C)CCC(=O)OC(C)Cn3c(-c4ccccc4)nc4ccccc43)CCC12. The maximum Gasteiger partial charge on any atom is 0.306 e. The number of ether oxygens (including phenoxy) is 4. The molecule has 2 aromatic carbocycles. The van der Waals surface area contributed by atoms with Crippen LogP contribution in [0.15, 0.2) is 54.6 Å². The summed E-state index contributed by atoms with van der Waals surface area (Å²) >= 11 is 0. The molecule has 7 rings (SSSR count). The normalized spacial score (nSPS) is 33.3. The lowest BCUT2D eigenvalue weighted by molar-refractivity contribution is -0.224. The molecule has 56 heavy (non-hydrogen) atoms. The van der Waals surface area contributed by atoms with Gasteiger partial charge in [-0.15, -0.1) is 0 Å². The van der Waals surface area contributed by atoms with Crippen LogP contribution in [0.3, 0.4) is 0 Å². The van der Waals surface area contributed by atoms with E-state index in [1.807, 2.05) is 61.5 Å². The van der Waals surface area contributed by atoms with Gasteiger partial charge in [-0.3, -0.25) is 19.2 Å². The molecule has 12 unspecified atom stereocenters. The molecule has 1 heterocycles. The van der Waals surface area contributed by atoms with E-state index in [1.165, 1.54) is 20.8 Å². The molecule has 1 aromatic heterocycles. The van der Waals surface area contributed by atoms with Crippen LogP contribution in [-0.2, 0) is 44.7 Å². The molecule has 4 aliphatic rings. The van der Waals surface area contributed by atoms with Gasteiger partial charge in [0.05, 0.1) is 17.6 Å². The van der Waals surface area contributed by atoms with Crippen molar-refractivity contribution in [1.29, 1.82) is 0 Å². The topological polar surface area (TPSA) is 123 Å². The van der Waals surface area contributed by atoms with Gasteiger partial charge in [-0.2, -0.15) is 0 Å². The lowest BCUT2D eigenvalue weighted by Crippen LogP contribution is -2.63. The second-order valence-electron chi connectivity index (χ2n) is 18.0. The van der Waals surface area contributed by atoms with E-state index in [4.69, 9.17) is 23.9 Å². The van der Waals surface area contributed by atoms with Crippen LogP contribution < -0.4 is 0 Å². The number of imidazole rings is 1.